The van der Waals surface area contributed by atoms with Crippen LogP contribution < -0.4 is 19.5 Å². The first kappa shape index (κ1) is 23.7. The average Bonchev–Trinajstić information content (AvgIpc) is 3.29. The molecule has 0 unspecified atom stereocenters. The van der Waals surface area contributed by atoms with Gasteiger partial charge in [0, 0.05) is 12.0 Å². The quantitative estimate of drug-likeness (QED) is 0.504. The van der Waals surface area contributed by atoms with Crippen LogP contribution in [0.25, 0.3) is 16.1 Å². The van der Waals surface area contributed by atoms with E-state index in [2.05, 4.69) is 10.4 Å². The SMILES string of the molecule is CCOCc1cc(OC)c(-c2csc3c(NC(=O)OC(C)(C)C)c(OC)nn23)c(OC)c1. The standard InChI is InChI=1S/C22H29N3O6S/c1-8-30-11-13-9-15(27-5)17(16(10-13)28-6)14-12-32-20-18(19(29-7)24-25(14)20)23-21(26)31-22(2,3)4/h9-10,12H,8,11H2,1-7H3,(H,23,26). The molecule has 0 atom stereocenters. The minimum absolute atomic E-state index is 0.273. The van der Waals surface area contributed by atoms with Crippen molar-refractivity contribution in [2.45, 2.75) is 39.9 Å². The molecule has 0 radical (unpaired) electrons. The van der Waals surface area contributed by atoms with Crippen molar-refractivity contribution >= 4 is 27.9 Å². The van der Waals surface area contributed by atoms with Crippen molar-refractivity contribution in [2.75, 3.05) is 33.3 Å². The summed E-state index contributed by atoms with van der Waals surface area (Å²) in [5, 5.41) is 9.22. The number of rotatable bonds is 8. The first-order chi connectivity index (χ1) is 15.2. The van der Waals surface area contributed by atoms with Gasteiger partial charge in [0.25, 0.3) is 5.88 Å². The Morgan fingerprint density at radius 3 is 2.31 bits per heavy atom. The second-order valence-corrected chi connectivity index (χ2v) is 8.72. The maximum Gasteiger partial charge on any atom is 0.412 e. The first-order valence-electron chi connectivity index (χ1n) is 10.1. The number of nitrogens with one attached hydrogen (secondary N) is 1. The number of carbonyl (C=O) groups is 1. The van der Waals surface area contributed by atoms with Crippen LogP contribution in [0.4, 0.5) is 10.5 Å². The van der Waals surface area contributed by atoms with Crippen LogP contribution in [0.3, 0.4) is 0 Å². The Kier molecular flexibility index (Phi) is 7.15. The Morgan fingerprint density at radius 2 is 1.78 bits per heavy atom. The van der Waals surface area contributed by atoms with Gasteiger partial charge in [-0.15, -0.1) is 16.4 Å². The van der Waals surface area contributed by atoms with Crippen molar-refractivity contribution in [1.29, 1.82) is 0 Å². The Labute approximate surface area is 191 Å². The van der Waals surface area contributed by atoms with E-state index >= 15 is 0 Å². The van der Waals surface area contributed by atoms with Crippen LogP contribution in [0.5, 0.6) is 17.4 Å². The van der Waals surface area contributed by atoms with Crippen molar-refractivity contribution in [3.05, 3.63) is 23.1 Å². The lowest BCUT2D eigenvalue weighted by atomic mass is 10.1. The number of hydrogen-bond acceptors (Lipinski definition) is 8. The van der Waals surface area contributed by atoms with Crippen molar-refractivity contribution < 1.29 is 28.5 Å². The smallest absolute Gasteiger partial charge is 0.412 e. The second kappa shape index (κ2) is 9.66. The fraction of sp³-hybridized carbons (Fsp3) is 0.455. The van der Waals surface area contributed by atoms with Gasteiger partial charge >= 0.3 is 6.09 Å². The first-order valence-corrected chi connectivity index (χ1v) is 11.0. The molecular weight excluding hydrogens is 434 g/mol. The molecule has 0 aliphatic rings. The third kappa shape index (κ3) is 4.91. The van der Waals surface area contributed by atoms with Crippen molar-refractivity contribution in [3.63, 3.8) is 0 Å². The molecule has 3 aromatic rings. The van der Waals surface area contributed by atoms with E-state index in [4.69, 9.17) is 23.7 Å². The van der Waals surface area contributed by atoms with E-state index in [0.717, 1.165) is 16.8 Å². The summed E-state index contributed by atoms with van der Waals surface area (Å²) in [7, 11) is 4.70. The molecule has 0 bridgehead atoms. The number of anilines is 1. The molecule has 3 rings (SSSR count). The van der Waals surface area contributed by atoms with Gasteiger partial charge in [-0.25, -0.2) is 9.31 Å². The van der Waals surface area contributed by atoms with E-state index in [0.29, 0.717) is 35.2 Å². The van der Waals surface area contributed by atoms with Crippen LogP contribution in [0.15, 0.2) is 17.5 Å². The van der Waals surface area contributed by atoms with E-state index in [1.165, 1.54) is 18.4 Å². The number of nitrogens with zero attached hydrogens (tertiary/aromatic N) is 2. The number of hydrogen-bond donors (Lipinski definition) is 1. The molecule has 174 valence electrons. The number of methoxy groups -OCH3 is 3. The number of benzene rings is 1. The second-order valence-electron chi connectivity index (χ2n) is 7.86. The van der Waals surface area contributed by atoms with Crippen LogP contribution in [0, 0.1) is 0 Å². The van der Waals surface area contributed by atoms with Crippen LogP contribution in [-0.2, 0) is 16.1 Å². The van der Waals surface area contributed by atoms with Gasteiger partial charge < -0.3 is 23.7 Å². The predicted molar refractivity (Wildman–Crippen MR) is 123 cm³/mol. The number of carbonyl (C=O) groups excluding carboxylic acids is 1. The van der Waals surface area contributed by atoms with Gasteiger partial charge in [0.2, 0.25) is 0 Å². The van der Waals surface area contributed by atoms with Crippen molar-refractivity contribution in [3.8, 4) is 28.6 Å². The molecule has 32 heavy (non-hydrogen) atoms. The molecule has 10 heteroatoms. The topological polar surface area (TPSA) is 92.6 Å². The highest BCUT2D eigenvalue weighted by Crippen LogP contribution is 2.44. The van der Waals surface area contributed by atoms with Gasteiger partial charge in [0.05, 0.1) is 39.2 Å². The van der Waals surface area contributed by atoms with E-state index in [1.807, 2.05) is 24.4 Å². The van der Waals surface area contributed by atoms with Crippen LogP contribution >= 0.6 is 11.3 Å². The molecule has 2 aromatic heterocycles. The molecule has 0 fully saturated rings. The van der Waals surface area contributed by atoms with Crippen LogP contribution in [-0.4, -0.2) is 49.2 Å². The summed E-state index contributed by atoms with van der Waals surface area (Å²) >= 11 is 1.40. The lowest BCUT2D eigenvalue weighted by molar-refractivity contribution is 0.0635. The van der Waals surface area contributed by atoms with Crippen molar-refractivity contribution in [2.24, 2.45) is 0 Å². The molecule has 1 aromatic carbocycles. The number of aromatic nitrogens is 2. The maximum absolute atomic E-state index is 12.4. The van der Waals surface area contributed by atoms with E-state index < -0.39 is 11.7 Å². The fourth-order valence-electron chi connectivity index (χ4n) is 3.16. The predicted octanol–water partition coefficient (Wildman–Crippen LogP) is 4.97. The fourth-order valence-corrected chi connectivity index (χ4v) is 4.10. The average molecular weight is 464 g/mol. The zero-order valence-electron chi connectivity index (χ0n) is 19.4. The van der Waals surface area contributed by atoms with Crippen LogP contribution in [0.2, 0.25) is 0 Å². The molecule has 0 saturated carbocycles. The molecule has 0 saturated heterocycles. The zero-order chi connectivity index (χ0) is 23.5. The van der Waals surface area contributed by atoms with Gasteiger partial charge in [-0.05, 0) is 45.4 Å². The minimum atomic E-state index is -0.631. The summed E-state index contributed by atoms with van der Waals surface area (Å²) < 4.78 is 29.4. The van der Waals surface area contributed by atoms with E-state index in [-0.39, 0.29) is 5.88 Å². The summed E-state index contributed by atoms with van der Waals surface area (Å²) in [5.41, 5.74) is 2.20. The largest absolute Gasteiger partial charge is 0.496 e. The third-order valence-corrected chi connectivity index (χ3v) is 5.38. The number of ether oxygens (including phenoxy) is 5. The number of thiazole rings is 1. The van der Waals surface area contributed by atoms with Gasteiger partial charge in [-0.1, -0.05) is 0 Å². The van der Waals surface area contributed by atoms with Gasteiger partial charge in [-0.3, -0.25) is 5.32 Å². The normalized spacial score (nSPS) is 11.5. The van der Waals surface area contributed by atoms with Crippen molar-refractivity contribution in [1.82, 2.24) is 9.61 Å². The van der Waals surface area contributed by atoms with E-state index in [9.17, 15) is 4.79 Å². The lowest BCUT2D eigenvalue weighted by Crippen LogP contribution is -2.27. The van der Waals surface area contributed by atoms with Crippen LogP contribution in [0.1, 0.15) is 33.3 Å². The Hall–Kier alpha value is -2.98. The summed E-state index contributed by atoms with van der Waals surface area (Å²) in [6.07, 6.45) is -0.587. The molecule has 0 aliphatic carbocycles. The molecule has 1 amide bonds. The highest BCUT2D eigenvalue weighted by Gasteiger charge is 2.26. The summed E-state index contributed by atoms with van der Waals surface area (Å²) in [6.45, 7) is 8.40. The number of fused-ring (bicyclic) bond motifs is 1. The monoisotopic (exact) mass is 463 g/mol. The summed E-state index contributed by atoms with van der Waals surface area (Å²) in [6, 6.07) is 3.83. The zero-order valence-corrected chi connectivity index (χ0v) is 20.2. The Morgan fingerprint density at radius 1 is 1.12 bits per heavy atom. The summed E-state index contributed by atoms with van der Waals surface area (Å²) in [5.74, 6) is 1.51. The molecule has 2 heterocycles. The van der Waals surface area contributed by atoms with Gasteiger partial charge in [0.1, 0.15) is 27.6 Å². The summed E-state index contributed by atoms with van der Waals surface area (Å²) in [4.78, 5) is 13.1. The van der Waals surface area contributed by atoms with Gasteiger partial charge in [0.15, 0.2) is 0 Å². The lowest BCUT2D eigenvalue weighted by Gasteiger charge is -2.19. The Bertz CT molecular complexity index is 1070. The van der Waals surface area contributed by atoms with Gasteiger partial charge in [-0.2, -0.15) is 0 Å². The Balaban J connectivity index is 2.09. The van der Waals surface area contributed by atoms with E-state index in [1.54, 1.807) is 39.5 Å². The number of amides is 1. The molecule has 0 aliphatic heterocycles. The third-order valence-electron chi connectivity index (χ3n) is 4.44. The molecule has 9 nitrogen and oxygen atoms in total. The maximum atomic E-state index is 12.4. The molecule has 0 spiro atoms. The highest BCUT2D eigenvalue weighted by molar-refractivity contribution is 7.16. The minimum Gasteiger partial charge on any atom is -0.496 e. The highest BCUT2D eigenvalue weighted by atomic mass is 32.1. The molecular formula is C22H29N3O6S. The molecule has 1 N–H and O–H groups in total.